The van der Waals surface area contributed by atoms with Gasteiger partial charge >= 0.3 is 0 Å². The molecule has 21 heavy (non-hydrogen) atoms. The highest BCUT2D eigenvalue weighted by Gasteiger charge is 2.17. The molecule has 0 aliphatic carbocycles. The van der Waals surface area contributed by atoms with Crippen molar-refractivity contribution in [1.82, 2.24) is 15.0 Å². The largest absolute Gasteiger partial charge is 0.384 e. The zero-order valence-electron chi connectivity index (χ0n) is 11.4. The van der Waals surface area contributed by atoms with E-state index in [9.17, 15) is 0 Å². The Kier molecular flexibility index (Phi) is 3.99. The average molecular weight is 315 g/mol. The molecule has 2 aromatic heterocycles. The highest BCUT2D eigenvalue weighted by Crippen LogP contribution is 2.36. The van der Waals surface area contributed by atoms with Gasteiger partial charge in [0.15, 0.2) is 5.16 Å². The molecule has 0 bridgehead atoms. The molecular weight excluding hydrogens is 302 g/mol. The molecular formula is C14H13N5S2. The lowest BCUT2D eigenvalue weighted by atomic mass is 10.1. The second-order valence-electron chi connectivity index (χ2n) is 4.65. The Morgan fingerprint density at radius 1 is 1.43 bits per heavy atom. The topological polar surface area (TPSA) is 88.5 Å². The summed E-state index contributed by atoms with van der Waals surface area (Å²) in [5, 5.41) is 9.54. The summed E-state index contributed by atoms with van der Waals surface area (Å²) in [4.78, 5) is 14.1. The maximum atomic E-state index is 8.92. The number of anilines is 1. The summed E-state index contributed by atoms with van der Waals surface area (Å²) in [7, 11) is 0. The monoisotopic (exact) mass is 315 g/mol. The molecule has 1 aliphatic rings. The van der Waals surface area contributed by atoms with Crippen molar-refractivity contribution >= 4 is 29.3 Å². The molecule has 2 aromatic rings. The van der Waals surface area contributed by atoms with Crippen LogP contribution in [0, 0.1) is 11.3 Å². The van der Waals surface area contributed by atoms with Crippen molar-refractivity contribution in [2.75, 3.05) is 11.5 Å². The molecule has 0 aromatic carbocycles. The zero-order chi connectivity index (χ0) is 14.8. The van der Waals surface area contributed by atoms with Crippen LogP contribution in [0.1, 0.15) is 29.1 Å². The number of fused-ring (bicyclic) bond motifs is 1. The normalized spacial score (nSPS) is 14.5. The van der Waals surface area contributed by atoms with Crippen molar-refractivity contribution in [1.29, 1.82) is 5.26 Å². The summed E-state index contributed by atoms with van der Waals surface area (Å²) in [5.41, 5.74) is 8.35. The van der Waals surface area contributed by atoms with Crippen LogP contribution in [-0.2, 0) is 6.42 Å². The molecule has 0 spiro atoms. The van der Waals surface area contributed by atoms with Crippen molar-refractivity contribution in [3.8, 4) is 6.07 Å². The van der Waals surface area contributed by atoms with Crippen molar-refractivity contribution in [3.05, 3.63) is 35.3 Å². The maximum Gasteiger partial charge on any atom is 0.191 e. The highest BCUT2D eigenvalue weighted by molar-refractivity contribution is 7.99. The van der Waals surface area contributed by atoms with Crippen LogP contribution < -0.4 is 5.73 Å². The number of hydrogen-bond donors (Lipinski definition) is 1. The first-order valence-corrected chi connectivity index (χ1v) is 8.35. The van der Waals surface area contributed by atoms with Gasteiger partial charge in [0.2, 0.25) is 0 Å². The predicted molar refractivity (Wildman–Crippen MR) is 84.1 cm³/mol. The molecule has 0 amide bonds. The van der Waals surface area contributed by atoms with E-state index in [2.05, 4.69) is 27.9 Å². The number of nitriles is 1. The highest BCUT2D eigenvalue weighted by atomic mass is 32.2. The van der Waals surface area contributed by atoms with Crippen LogP contribution in [0.4, 0.5) is 5.82 Å². The first kappa shape index (κ1) is 14.2. The van der Waals surface area contributed by atoms with Gasteiger partial charge in [-0.25, -0.2) is 9.97 Å². The van der Waals surface area contributed by atoms with Crippen LogP contribution >= 0.6 is 23.5 Å². The number of nitrogens with two attached hydrogens (primary N) is 1. The lowest BCUT2D eigenvalue weighted by Crippen LogP contribution is -2.00. The second-order valence-corrected chi connectivity index (χ2v) is 7.09. The van der Waals surface area contributed by atoms with Gasteiger partial charge < -0.3 is 5.73 Å². The minimum absolute atomic E-state index is 0.106. The summed E-state index contributed by atoms with van der Waals surface area (Å²) >= 11 is 3.32. The Hall–Kier alpha value is -1.78. The molecule has 5 nitrogen and oxygen atoms in total. The number of nitrogen functional groups attached to an aromatic ring is 1. The van der Waals surface area contributed by atoms with E-state index in [0.717, 1.165) is 17.9 Å². The van der Waals surface area contributed by atoms with Crippen molar-refractivity contribution in [2.45, 2.75) is 28.6 Å². The molecule has 0 radical (unpaired) electrons. The molecule has 0 saturated carbocycles. The molecule has 0 saturated heterocycles. The third kappa shape index (κ3) is 3.12. The molecule has 3 heterocycles. The molecule has 7 heteroatoms. The molecule has 0 fully saturated rings. The maximum absolute atomic E-state index is 8.92. The molecule has 1 unspecified atom stereocenters. The summed E-state index contributed by atoms with van der Waals surface area (Å²) < 4.78 is 0. The number of hydrogen-bond acceptors (Lipinski definition) is 7. The Morgan fingerprint density at radius 3 is 3.10 bits per heavy atom. The van der Waals surface area contributed by atoms with Crippen LogP contribution in [0.25, 0.3) is 0 Å². The fraction of sp³-hybridized carbons (Fsp3) is 0.286. The van der Waals surface area contributed by atoms with Crippen molar-refractivity contribution in [3.63, 3.8) is 0 Å². The lowest BCUT2D eigenvalue weighted by molar-refractivity contribution is 0.926. The smallest absolute Gasteiger partial charge is 0.191 e. The van der Waals surface area contributed by atoms with E-state index >= 15 is 0 Å². The van der Waals surface area contributed by atoms with Crippen LogP contribution in [0.3, 0.4) is 0 Å². The minimum atomic E-state index is 0.106. The third-order valence-corrected chi connectivity index (χ3v) is 5.21. The van der Waals surface area contributed by atoms with Crippen LogP contribution in [-0.4, -0.2) is 20.7 Å². The Balaban J connectivity index is 1.82. The number of thioether (sulfide) groups is 2. The van der Waals surface area contributed by atoms with Gasteiger partial charge in [-0.2, -0.15) is 5.26 Å². The quantitative estimate of drug-likeness (QED) is 0.688. The summed E-state index contributed by atoms with van der Waals surface area (Å²) in [6.45, 7) is 2.06. The van der Waals surface area contributed by atoms with E-state index in [1.54, 1.807) is 0 Å². The van der Waals surface area contributed by atoms with Crippen LogP contribution in [0.2, 0.25) is 0 Å². The van der Waals surface area contributed by atoms with Gasteiger partial charge in [-0.3, -0.25) is 4.98 Å². The Labute approximate surface area is 131 Å². The molecule has 106 valence electrons. The Morgan fingerprint density at radius 2 is 2.29 bits per heavy atom. The van der Waals surface area contributed by atoms with Gasteiger partial charge in [0.25, 0.3) is 0 Å². The number of rotatable bonds is 3. The van der Waals surface area contributed by atoms with Crippen LogP contribution in [0.15, 0.2) is 28.4 Å². The standard InChI is InChI=1S/C14H13N5S2/c1-8(11-4-9-2-3-20-12(9)7-17-11)21-14-18-10(6-15)5-13(16)19-14/h4-5,7-8H,2-3H2,1H3,(H2,16,18,19). The second kappa shape index (κ2) is 5.92. The summed E-state index contributed by atoms with van der Waals surface area (Å²) in [5.74, 6) is 1.45. The fourth-order valence-corrected chi connectivity index (χ4v) is 3.98. The molecule has 2 N–H and O–H groups in total. The lowest BCUT2D eigenvalue weighted by Gasteiger charge is -2.11. The summed E-state index contributed by atoms with van der Waals surface area (Å²) in [6, 6.07) is 5.62. The summed E-state index contributed by atoms with van der Waals surface area (Å²) in [6.07, 6.45) is 3.04. The van der Waals surface area contributed by atoms with E-state index < -0.39 is 0 Å². The van der Waals surface area contributed by atoms with E-state index in [0.29, 0.717) is 11.0 Å². The molecule has 3 rings (SSSR count). The molecule has 1 aliphatic heterocycles. The van der Waals surface area contributed by atoms with E-state index in [4.69, 9.17) is 11.0 Å². The van der Waals surface area contributed by atoms with Crippen molar-refractivity contribution < 1.29 is 0 Å². The van der Waals surface area contributed by atoms with Gasteiger partial charge in [0.1, 0.15) is 17.6 Å². The number of pyridine rings is 1. The number of nitrogens with zero attached hydrogens (tertiary/aromatic N) is 4. The Bertz CT molecular complexity index is 726. The van der Waals surface area contributed by atoms with Crippen molar-refractivity contribution in [2.24, 2.45) is 0 Å². The fourth-order valence-electron chi connectivity index (χ4n) is 2.09. The average Bonchev–Trinajstić information content (AvgIpc) is 2.93. The van der Waals surface area contributed by atoms with Gasteiger partial charge in [-0.05, 0) is 25.0 Å². The zero-order valence-corrected chi connectivity index (χ0v) is 13.0. The first-order chi connectivity index (χ1) is 10.2. The van der Waals surface area contributed by atoms with E-state index in [1.807, 2.05) is 24.0 Å². The predicted octanol–water partition coefficient (Wildman–Crippen LogP) is 2.83. The first-order valence-electron chi connectivity index (χ1n) is 6.48. The van der Waals surface area contributed by atoms with Gasteiger partial charge in [-0.15, -0.1) is 11.8 Å². The SMILES string of the molecule is CC(Sc1nc(N)cc(C#N)n1)c1cc2c(cn1)SCC2. The van der Waals surface area contributed by atoms with E-state index in [1.165, 1.54) is 28.3 Å². The number of aromatic nitrogens is 3. The van der Waals surface area contributed by atoms with Crippen LogP contribution in [0.5, 0.6) is 0 Å². The number of aryl methyl sites for hydroxylation is 1. The van der Waals surface area contributed by atoms with Gasteiger partial charge in [-0.1, -0.05) is 11.8 Å². The third-order valence-electron chi connectivity index (χ3n) is 3.14. The van der Waals surface area contributed by atoms with Gasteiger partial charge in [0, 0.05) is 22.9 Å². The van der Waals surface area contributed by atoms with Gasteiger partial charge in [0.05, 0.1) is 10.9 Å². The van der Waals surface area contributed by atoms with E-state index in [-0.39, 0.29) is 10.9 Å². The molecule has 1 atom stereocenters. The minimum Gasteiger partial charge on any atom is -0.384 e.